The third-order valence-electron chi connectivity index (χ3n) is 3.08. The van der Waals surface area contributed by atoms with Crippen LogP contribution in [0, 0.1) is 12.7 Å². The van der Waals surface area contributed by atoms with Gasteiger partial charge in [-0.25, -0.2) is 9.18 Å². The van der Waals surface area contributed by atoms with Gasteiger partial charge >= 0.3 is 5.97 Å². The number of hydrogen-bond acceptors (Lipinski definition) is 3. The molecule has 0 saturated carbocycles. The van der Waals surface area contributed by atoms with Crippen molar-refractivity contribution in [3.8, 4) is 0 Å². The molecule has 3 nitrogen and oxygen atoms in total. The number of aromatic carboxylic acids is 1. The van der Waals surface area contributed by atoms with Crippen molar-refractivity contribution in [3.05, 3.63) is 57.0 Å². The van der Waals surface area contributed by atoms with Gasteiger partial charge in [0.1, 0.15) is 10.7 Å². The highest BCUT2D eigenvalue weighted by molar-refractivity contribution is 7.14. The predicted octanol–water partition coefficient (Wildman–Crippen LogP) is 3.23. The molecule has 0 atom stereocenters. The molecule has 0 radical (unpaired) electrons. The zero-order chi connectivity index (χ0) is 14.5. The lowest BCUT2D eigenvalue weighted by Crippen LogP contribution is -2.17. The normalized spacial score (nSPS) is 10.7. The van der Waals surface area contributed by atoms with Crippen molar-refractivity contribution in [1.82, 2.24) is 5.32 Å². The highest BCUT2D eigenvalue weighted by Crippen LogP contribution is 2.21. The van der Waals surface area contributed by atoms with E-state index >= 15 is 0 Å². The lowest BCUT2D eigenvalue weighted by atomic mass is 10.1. The number of carboxylic acid groups (broad SMARTS) is 1. The molecule has 0 aliphatic rings. The summed E-state index contributed by atoms with van der Waals surface area (Å²) in [6.07, 6.45) is 0.613. The van der Waals surface area contributed by atoms with Crippen molar-refractivity contribution < 1.29 is 14.3 Å². The van der Waals surface area contributed by atoms with Gasteiger partial charge in [-0.3, -0.25) is 0 Å². The molecule has 106 valence electrons. The van der Waals surface area contributed by atoms with Crippen LogP contribution < -0.4 is 5.32 Å². The summed E-state index contributed by atoms with van der Waals surface area (Å²) in [5, 5.41) is 12.1. The van der Waals surface area contributed by atoms with E-state index in [0.717, 1.165) is 10.4 Å². The molecule has 2 N–H and O–H groups in total. The van der Waals surface area contributed by atoms with Gasteiger partial charge in [0.15, 0.2) is 0 Å². The van der Waals surface area contributed by atoms with E-state index in [0.29, 0.717) is 30.0 Å². The summed E-state index contributed by atoms with van der Waals surface area (Å²) in [5.74, 6) is -1.08. The maximum atomic E-state index is 13.4. The Morgan fingerprint density at radius 3 is 2.75 bits per heavy atom. The largest absolute Gasteiger partial charge is 0.477 e. The topological polar surface area (TPSA) is 49.3 Å². The Bertz CT molecular complexity index is 610. The monoisotopic (exact) mass is 293 g/mol. The van der Waals surface area contributed by atoms with Gasteiger partial charge in [0.2, 0.25) is 0 Å². The summed E-state index contributed by atoms with van der Waals surface area (Å²) in [4.78, 5) is 12.2. The van der Waals surface area contributed by atoms with Gasteiger partial charge in [-0.2, -0.15) is 0 Å². The predicted molar refractivity (Wildman–Crippen MR) is 77.8 cm³/mol. The highest BCUT2D eigenvalue weighted by Gasteiger charge is 2.10. The Morgan fingerprint density at radius 2 is 2.10 bits per heavy atom. The quantitative estimate of drug-likeness (QED) is 0.804. The second-order valence-corrected chi connectivity index (χ2v) is 5.77. The van der Waals surface area contributed by atoms with Gasteiger partial charge in [-0.05, 0) is 43.1 Å². The van der Waals surface area contributed by atoms with Gasteiger partial charge in [0.25, 0.3) is 0 Å². The smallest absolute Gasteiger partial charge is 0.345 e. The maximum Gasteiger partial charge on any atom is 0.345 e. The minimum Gasteiger partial charge on any atom is -0.477 e. The van der Waals surface area contributed by atoms with E-state index in [1.54, 1.807) is 18.2 Å². The first-order chi connectivity index (χ1) is 9.58. The molecular formula is C15H16FNO2S. The molecule has 20 heavy (non-hydrogen) atoms. The Hall–Kier alpha value is -1.72. The second-order valence-electron chi connectivity index (χ2n) is 4.52. The van der Waals surface area contributed by atoms with E-state index in [1.807, 2.05) is 13.0 Å². The van der Waals surface area contributed by atoms with Crippen molar-refractivity contribution in [2.75, 3.05) is 6.54 Å². The Balaban J connectivity index is 1.84. The van der Waals surface area contributed by atoms with Crippen LogP contribution in [0.1, 0.15) is 25.7 Å². The lowest BCUT2D eigenvalue weighted by Gasteiger charge is -2.05. The average molecular weight is 293 g/mol. The molecule has 1 aromatic carbocycles. The molecule has 0 amide bonds. The van der Waals surface area contributed by atoms with Crippen LogP contribution in [0.15, 0.2) is 30.3 Å². The van der Waals surface area contributed by atoms with Crippen LogP contribution in [0.3, 0.4) is 0 Å². The number of hydrogen-bond donors (Lipinski definition) is 2. The summed E-state index contributed by atoms with van der Waals surface area (Å²) < 4.78 is 13.4. The second kappa shape index (κ2) is 6.63. The third-order valence-corrected chi connectivity index (χ3v) is 4.16. The molecule has 2 aromatic rings. The van der Waals surface area contributed by atoms with Crippen LogP contribution in [0.4, 0.5) is 4.39 Å². The number of rotatable bonds is 6. The fourth-order valence-electron chi connectivity index (χ4n) is 1.95. The number of benzene rings is 1. The van der Waals surface area contributed by atoms with Gasteiger partial charge < -0.3 is 10.4 Å². The van der Waals surface area contributed by atoms with Gasteiger partial charge in [0, 0.05) is 11.4 Å². The van der Waals surface area contributed by atoms with Crippen molar-refractivity contribution in [2.24, 2.45) is 0 Å². The van der Waals surface area contributed by atoms with Crippen molar-refractivity contribution in [1.29, 1.82) is 0 Å². The average Bonchev–Trinajstić information content (AvgIpc) is 2.78. The molecule has 0 saturated heterocycles. The first-order valence-corrected chi connectivity index (χ1v) is 7.16. The first kappa shape index (κ1) is 14.7. The van der Waals surface area contributed by atoms with Gasteiger partial charge in [-0.15, -0.1) is 11.3 Å². The zero-order valence-electron chi connectivity index (χ0n) is 11.1. The summed E-state index contributed by atoms with van der Waals surface area (Å²) in [6, 6.07) is 8.42. The molecule has 0 aliphatic heterocycles. The molecule has 1 aromatic heterocycles. The van der Waals surface area contributed by atoms with Crippen LogP contribution in [0.25, 0.3) is 0 Å². The molecule has 5 heteroatoms. The number of carboxylic acids is 1. The number of nitrogens with one attached hydrogen (secondary N) is 1. The molecule has 1 heterocycles. The SMILES string of the molecule is Cc1sc(C(=O)O)cc1CNCCc1ccccc1F. The summed E-state index contributed by atoms with van der Waals surface area (Å²) >= 11 is 1.28. The van der Waals surface area contributed by atoms with E-state index in [2.05, 4.69) is 5.32 Å². The van der Waals surface area contributed by atoms with Crippen LogP contribution in [-0.2, 0) is 13.0 Å². The fourth-order valence-corrected chi connectivity index (χ4v) is 2.83. The van der Waals surface area contributed by atoms with E-state index in [-0.39, 0.29) is 5.82 Å². The van der Waals surface area contributed by atoms with Crippen LogP contribution in [-0.4, -0.2) is 17.6 Å². The maximum absolute atomic E-state index is 13.4. The van der Waals surface area contributed by atoms with E-state index in [1.165, 1.54) is 17.4 Å². The van der Waals surface area contributed by atoms with E-state index < -0.39 is 5.97 Å². The van der Waals surface area contributed by atoms with Crippen molar-refractivity contribution in [2.45, 2.75) is 19.9 Å². The molecule has 0 spiro atoms. The van der Waals surface area contributed by atoms with E-state index in [4.69, 9.17) is 5.11 Å². The third kappa shape index (κ3) is 3.65. The Morgan fingerprint density at radius 1 is 1.35 bits per heavy atom. The molecule has 0 bridgehead atoms. The molecule has 0 unspecified atom stereocenters. The molecule has 2 rings (SSSR count). The van der Waals surface area contributed by atoms with E-state index in [9.17, 15) is 9.18 Å². The van der Waals surface area contributed by atoms with Crippen molar-refractivity contribution >= 4 is 17.3 Å². The number of carbonyl (C=O) groups is 1. The van der Waals surface area contributed by atoms with Crippen molar-refractivity contribution in [3.63, 3.8) is 0 Å². The minimum atomic E-state index is -0.893. The van der Waals surface area contributed by atoms with Crippen LogP contribution >= 0.6 is 11.3 Å². The first-order valence-electron chi connectivity index (χ1n) is 6.34. The summed E-state index contributed by atoms with van der Waals surface area (Å²) in [6.45, 7) is 3.16. The number of aryl methyl sites for hydroxylation is 1. The lowest BCUT2D eigenvalue weighted by molar-refractivity contribution is 0.0702. The molecule has 0 aliphatic carbocycles. The van der Waals surface area contributed by atoms with Crippen LogP contribution in [0.2, 0.25) is 0 Å². The molecular weight excluding hydrogens is 277 g/mol. The van der Waals surface area contributed by atoms with Gasteiger partial charge in [0.05, 0.1) is 0 Å². The van der Waals surface area contributed by atoms with Gasteiger partial charge in [-0.1, -0.05) is 18.2 Å². The summed E-state index contributed by atoms with van der Waals surface area (Å²) in [7, 11) is 0. The zero-order valence-corrected chi connectivity index (χ0v) is 12.0. The Kier molecular flexibility index (Phi) is 4.87. The number of halogens is 1. The summed E-state index contributed by atoms with van der Waals surface area (Å²) in [5.41, 5.74) is 1.68. The molecule has 0 fully saturated rings. The standard InChI is InChI=1S/C15H16FNO2S/c1-10-12(8-14(20-10)15(18)19)9-17-7-6-11-4-2-3-5-13(11)16/h2-5,8,17H,6-7,9H2,1H3,(H,18,19). The minimum absolute atomic E-state index is 0.186. The van der Waals surface area contributed by atoms with Crippen LogP contribution in [0.5, 0.6) is 0 Å². The highest BCUT2D eigenvalue weighted by atomic mass is 32.1. The number of thiophene rings is 1. The Labute approximate surface area is 121 Å². The fraction of sp³-hybridized carbons (Fsp3) is 0.267.